The first kappa shape index (κ1) is 13.4. The van der Waals surface area contributed by atoms with Gasteiger partial charge in [-0.25, -0.2) is 4.98 Å². The molecule has 3 nitrogen and oxygen atoms in total. The fourth-order valence-electron chi connectivity index (χ4n) is 2.18. The van der Waals surface area contributed by atoms with E-state index in [0.29, 0.717) is 6.04 Å². The minimum absolute atomic E-state index is 0.341. The molecule has 1 heterocycles. The van der Waals surface area contributed by atoms with Crippen molar-refractivity contribution in [1.82, 2.24) is 9.55 Å². The van der Waals surface area contributed by atoms with Crippen LogP contribution in [-0.2, 0) is 13.0 Å². The Morgan fingerprint density at radius 3 is 2.79 bits per heavy atom. The number of benzene rings is 1. The quantitative estimate of drug-likeness (QED) is 0.802. The molecule has 100 valence electrons. The average molecular weight is 255 g/mol. The van der Waals surface area contributed by atoms with Crippen molar-refractivity contribution < 1.29 is 0 Å². The minimum atomic E-state index is 0.341. The fourth-order valence-corrected chi connectivity index (χ4v) is 2.18. The van der Waals surface area contributed by atoms with Crippen LogP contribution in [0.15, 0.2) is 49.2 Å². The number of rotatable bonds is 6. The molecule has 3 heteroatoms. The Morgan fingerprint density at radius 2 is 2.11 bits per heavy atom. The normalized spacial score (nSPS) is 12.1. The van der Waals surface area contributed by atoms with E-state index in [2.05, 4.69) is 52.6 Å². The smallest absolute Gasteiger partial charge is 0.203 e. The number of imidazole rings is 1. The summed E-state index contributed by atoms with van der Waals surface area (Å²) < 4.78 is 2.09. The molecule has 1 N–H and O–H groups in total. The first-order valence-corrected chi connectivity index (χ1v) is 6.64. The van der Waals surface area contributed by atoms with Gasteiger partial charge in [-0.1, -0.05) is 36.4 Å². The maximum atomic E-state index is 4.51. The zero-order valence-corrected chi connectivity index (χ0v) is 11.6. The molecule has 0 radical (unpaired) electrons. The van der Waals surface area contributed by atoms with E-state index in [0.717, 1.165) is 24.6 Å². The molecule has 19 heavy (non-hydrogen) atoms. The number of allylic oxidation sites excluding steroid dienone is 1. The molecule has 1 aromatic carbocycles. The van der Waals surface area contributed by atoms with E-state index in [1.165, 1.54) is 5.56 Å². The number of nitrogens with zero attached hydrogens (tertiary/aromatic N) is 2. The molecule has 0 aliphatic heterocycles. The molecule has 0 aliphatic rings. The van der Waals surface area contributed by atoms with Gasteiger partial charge in [0.25, 0.3) is 0 Å². The lowest BCUT2D eigenvalue weighted by Crippen LogP contribution is -2.20. The summed E-state index contributed by atoms with van der Waals surface area (Å²) in [5.41, 5.74) is 2.36. The summed E-state index contributed by atoms with van der Waals surface area (Å²) in [6.45, 7) is 8.74. The van der Waals surface area contributed by atoms with Gasteiger partial charge in [0.1, 0.15) is 0 Å². The van der Waals surface area contributed by atoms with E-state index in [1.54, 1.807) is 0 Å². The van der Waals surface area contributed by atoms with Crippen molar-refractivity contribution in [3.63, 3.8) is 0 Å². The summed E-state index contributed by atoms with van der Waals surface area (Å²) in [4.78, 5) is 4.51. The molecule has 1 aromatic heterocycles. The Balaban J connectivity index is 2.02. The molecule has 2 aromatic rings. The Kier molecular flexibility index (Phi) is 4.39. The van der Waals surface area contributed by atoms with E-state index in [1.807, 2.05) is 25.3 Å². The Bertz CT molecular complexity index is 528. The minimum Gasteiger partial charge on any atom is -0.353 e. The van der Waals surface area contributed by atoms with E-state index >= 15 is 0 Å². The van der Waals surface area contributed by atoms with Crippen molar-refractivity contribution in [2.24, 2.45) is 0 Å². The SMILES string of the molecule is C=CCn1cc(C)nc1NC(C)Cc1ccccc1. The average Bonchev–Trinajstić information content (AvgIpc) is 2.71. The first-order valence-electron chi connectivity index (χ1n) is 6.64. The summed E-state index contributed by atoms with van der Waals surface area (Å²) in [5.74, 6) is 0.917. The van der Waals surface area contributed by atoms with Crippen LogP contribution in [0.5, 0.6) is 0 Å². The zero-order valence-electron chi connectivity index (χ0n) is 11.6. The number of anilines is 1. The van der Waals surface area contributed by atoms with Crippen molar-refractivity contribution in [2.75, 3.05) is 5.32 Å². The van der Waals surface area contributed by atoms with Crippen LogP contribution in [0.3, 0.4) is 0 Å². The van der Waals surface area contributed by atoms with Gasteiger partial charge >= 0.3 is 0 Å². The van der Waals surface area contributed by atoms with Crippen LogP contribution in [0.2, 0.25) is 0 Å². The van der Waals surface area contributed by atoms with E-state index < -0.39 is 0 Å². The van der Waals surface area contributed by atoms with E-state index in [9.17, 15) is 0 Å². The summed E-state index contributed by atoms with van der Waals surface area (Å²) in [5, 5.41) is 3.47. The molecule has 0 amide bonds. The monoisotopic (exact) mass is 255 g/mol. The lowest BCUT2D eigenvalue weighted by Gasteiger charge is -2.15. The summed E-state index contributed by atoms with van der Waals surface area (Å²) in [6.07, 6.45) is 4.91. The topological polar surface area (TPSA) is 29.9 Å². The highest BCUT2D eigenvalue weighted by Crippen LogP contribution is 2.12. The van der Waals surface area contributed by atoms with Crippen LogP contribution in [0.25, 0.3) is 0 Å². The van der Waals surface area contributed by atoms with Gasteiger partial charge in [-0.05, 0) is 25.8 Å². The third-order valence-corrected chi connectivity index (χ3v) is 2.98. The van der Waals surface area contributed by atoms with Gasteiger partial charge in [0.05, 0.1) is 5.69 Å². The highest BCUT2D eigenvalue weighted by atomic mass is 15.2. The van der Waals surface area contributed by atoms with Crippen LogP contribution in [0, 0.1) is 6.92 Å². The molecule has 0 saturated heterocycles. The van der Waals surface area contributed by atoms with E-state index in [-0.39, 0.29) is 0 Å². The fraction of sp³-hybridized carbons (Fsp3) is 0.312. The summed E-state index contributed by atoms with van der Waals surface area (Å²) in [6, 6.07) is 10.8. The molecule has 0 saturated carbocycles. The maximum Gasteiger partial charge on any atom is 0.203 e. The van der Waals surface area contributed by atoms with Crippen LogP contribution in [0.1, 0.15) is 18.2 Å². The molecular formula is C16H21N3. The van der Waals surface area contributed by atoms with Crippen LogP contribution in [0.4, 0.5) is 5.95 Å². The second-order valence-electron chi connectivity index (χ2n) is 4.88. The standard InChI is InChI=1S/C16H21N3/c1-4-10-19-12-14(3)18-16(19)17-13(2)11-15-8-6-5-7-9-15/h4-9,12-13H,1,10-11H2,2-3H3,(H,17,18). The lowest BCUT2D eigenvalue weighted by molar-refractivity contribution is 0.745. The maximum absolute atomic E-state index is 4.51. The van der Waals surface area contributed by atoms with Gasteiger partial charge < -0.3 is 9.88 Å². The first-order chi connectivity index (χ1) is 9.19. The second-order valence-corrected chi connectivity index (χ2v) is 4.88. The van der Waals surface area contributed by atoms with Crippen LogP contribution < -0.4 is 5.32 Å². The number of hydrogen-bond donors (Lipinski definition) is 1. The highest BCUT2D eigenvalue weighted by Gasteiger charge is 2.08. The van der Waals surface area contributed by atoms with Crippen LogP contribution in [-0.4, -0.2) is 15.6 Å². The van der Waals surface area contributed by atoms with Gasteiger partial charge in [0.15, 0.2) is 0 Å². The van der Waals surface area contributed by atoms with Crippen LogP contribution >= 0.6 is 0 Å². The van der Waals surface area contributed by atoms with Gasteiger partial charge in [0, 0.05) is 18.8 Å². The van der Waals surface area contributed by atoms with Crippen molar-refractivity contribution in [3.05, 3.63) is 60.4 Å². The molecule has 1 unspecified atom stereocenters. The van der Waals surface area contributed by atoms with Gasteiger partial charge in [-0.15, -0.1) is 6.58 Å². The molecule has 1 atom stereocenters. The van der Waals surface area contributed by atoms with Gasteiger partial charge in [-0.2, -0.15) is 0 Å². The third-order valence-electron chi connectivity index (χ3n) is 2.98. The Morgan fingerprint density at radius 1 is 1.37 bits per heavy atom. The Labute approximate surface area is 115 Å². The molecule has 0 spiro atoms. The number of nitrogens with one attached hydrogen (secondary N) is 1. The second kappa shape index (κ2) is 6.23. The molecule has 2 rings (SSSR count). The largest absolute Gasteiger partial charge is 0.353 e. The van der Waals surface area contributed by atoms with Gasteiger partial charge in [-0.3, -0.25) is 0 Å². The predicted octanol–water partition coefficient (Wildman–Crippen LogP) is 3.42. The van der Waals surface area contributed by atoms with Crippen molar-refractivity contribution in [2.45, 2.75) is 32.9 Å². The van der Waals surface area contributed by atoms with Crippen molar-refractivity contribution >= 4 is 5.95 Å². The number of hydrogen-bond acceptors (Lipinski definition) is 2. The van der Waals surface area contributed by atoms with Gasteiger partial charge in [0.2, 0.25) is 5.95 Å². The lowest BCUT2D eigenvalue weighted by atomic mass is 10.1. The van der Waals surface area contributed by atoms with Crippen molar-refractivity contribution in [1.29, 1.82) is 0 Å². The molecule has 0 aliphatic carbocycles. The Hall–Kier alpha value is -2.03. The van der Waals surface area contributed by atoms with E-state index in [4.69, 9.17) is 0 Å². The predicted molar refractivity (Wildman–Crippen MR) is 80.4 cm³/mol. The number of aromatic nitrogens is 2. The molecule has 0 fully saturated rings. The number of aryl methyl sites for hydroxylation is 1. The summed E-state index contributed by atoms with van der Waals surface area (Å²) >= 11 is 0. The molecule has 0 bridgehead atoms. The summed E-state index contributed by atoms with van der Waals surface area (Å²) in [7, 11) is 0. The molecular weight excluding hydrogens is 234 g/mol. The van der Waals surface area contributed by atoms with Crippen molar-refractivity contribution in [3.8, 4) is 0 Å². The highest BCUT2D eigenvalue weighted by molar-refractivity contribution is 5.31. The third kappa shape index (κ3) is 3.71. The zero-order chi connectivity index (χ0) is 13.7.